The van der Waals surface area contributed by atoms with Crippen molar-refractivity contribution in [3.05, 3.63) is 94.5 Å². The Morgan fingerprint density at radius 3 is 2.47 bits per heavy atom. The minimum Gasteiger partial charge on any atom is -0.484 e. The van der Waals surface area contributed by atoms with Crippen molar-refractivity contribution < 1.29 is 14.3 Å². The number of amides is 2. The summed E-state index contributed by atoms with van der Waals surface area (Å²) < 4.78 is 5.49. The van der Waals surface area contributed by atoms with E-state index >= 15 is 0 Å². The van der Waals surface area contributed by atoms with E-state index in [1.54, 1.807) is 48.5 Å². The Kier molecular flexibility index (Phi) is 7.19. The Balaban J connectivity index is 1.46. The quantitative estimate of drug-likeness (QED) is 0.437. The Labute approximate surface area is 179 Å². The van der Waals surface area contributed by atoms with Gasteiger partial charge in [-0.3, -0.25) is 9.59 Å². The van der Waals surface area contributed by atoms with Gasteiger partial charge in [-0.25, -0.2) is 5.43 Å². The third-order valence-electron chi connectivity index (χ3n) is 4.05. The zero-order valence-corrected chi connectivity index (χ0v) is 17.0. The van der Waals surface area contributed by atoms with Crippen LogP contribution in [0, 0.1) is 6.92 Å². The summed E-state index contributed by atoms with van der Waals surface area (Å²) in [6, 6.07) is 21.1. The van der Waals surface area contributed by atoms with Crippen molar-refractivity contribution in [1.29, 1.82) is 0 Å². The molecule has 6 nitrogen and oxygen atoms in total. The smallest absolute Gasteiger partial charge is 0.271 e. The van der Waals surface area contributed by atoms with Crippen LogP contribution in [0.15, 0.2) is 77.9 Å². The fraction of sp³-hybridized carbons (Fsp3) is 0.0870. The molecule has 0 aliphatic rings. The summed E-state index contributed by atoms with van der Waals surface area (Å²) in [4.78, 5) is 24.0. The number of carbonyl (C=O) groups is 2. The van der Waals surface area contributed by atoms with E-state index in [4.69, 9.17) is 16.3 Å². The van der Waals surface area contributed by atoms with Crippen molar-refractivity contribution in [2.24, 2.45) is 5.10 Å². The maximum absolute atomic E-state index is 12.0. The molecule has 2 N–H and O–H groups in total. The molecule has 0 unspecified atom stereocenters. The maximum atomic E-state index is 12.0. The molecule has 30 heavy (non-hydrogen) atoms. The first-order valence-electron chi connectivity index (χ1n) is 9.18. The minimum absolute atomic E-state index is 0.100. The lowest BCUT2D eigenvalue weighted by molar-refractivity contribution is -0.118. The largest absolute Gasteiger partial charge is 0.484 e. The first kappa shape index (κ1) is 21.1. The Hall–Kier alpha value is -3.64. The van der Waals surface area contributed by atoms with Crippen molar-refractivity contribution in [3.8, 4) is 5.75 Å². The van der Waals surface area contributed by atoms with Gasteiger partial charge in [0, 0.05) is 16.3 Å². The van der Waals surface area contributed by atoms with Crippen molar-refractivity contribution in [1.82, 2.24) is 5.43 Å². The van der Waals surface area contributed by atoms with Crippen LogP contribution in [0.4, 0.5) is 5.69 Å². The van der Waals surface area contributed by atoms with Crippen LogP contribution >= 0.6 is 11.6 Å². The first-order valence-corrected chi connectivity index (χ1v) is 9.56. The number of benzene rings is 3. The van der Waals surface area contributed by atoms with Crippen molar-refractivity contribution in [2.45, 2.75) is 6.92 Å². The zero-order valence-electron chi connectivity index (χ0n) is 16.3. The molecule has 3 aromatic rings. The third-order valence-corrected chi connectivity index (χ3v) is 4.29. The molecule has 0 atom stereocenters. The summed E-state index contributed by atoms with van der Waals surface area (Å²) in [5.41, 5.74) is 5.47. The summed E-state index contributed by atoms with van der Waals surface area (Å²) in [6.07, 6.45) is 1.51. The predicted molar refractivity (Wildman–Crippen MR) is 118 cm³/mol. The minimum atomic E-state index is -0.353. The van der Waals surface area contributed by atoms with Gasteiger partial charge in [-0.1, -0.05) is 35.4 Å². The van der Waals surface area contributed by atoms with Gasteiger partial charge in [0.2, 0.25) is 0 Å². The second-order valence-electron chi connectivity index (χ2n) is 6.48. The molecule has 3 aromatic carbocycles. The highest BCUT2D eigenvalue weighted by atomic mass is 35.5. The number of ether oxygens (including phenoxy) is 1. The molecule has 0 radical (unpaired) electrons. The van der Waals surface area contributed by atoms with E-state index in [9.17, 15) is 9.59 Å². The van der Waals surface area contributed by atoms with Gasteiger partial charge in [0.15, 0.2) is 6.61 Å². The molecule has 0 saturated heterocycles. The van der Waals surface area contributed by atoms with Crippen molar-refractivity contribution in [2.75, 3.05) is 11.9 Å². The lowest BCUT2D eigenvalue weighted by Gasteiger charge is -2.08. The number of hydrogen-bond donors (Lipinski definition) is 2. The van der Waals surface area contributed by atoms with Gasteiger partial charge in [-0.05, 0) is 67.1 Å². The van der Waals surface area contributed by atoms with Crippen LogP contribution in [0.2, 0.25) is 5.02 Å². The molecule has 0 fully saturated rings. The number of halogens is 1. The average Bonchev–Trinajstić information content (AvgIpc) is 2.75. The molecule has 0 aliphatic heterocycles. The average molecular weight is 422 g/mol. The van der Waals surface area contributed by atoms with E-state index in [-0.39, 0.29) is 18.4 Å². The Morgan fingerprint density at radius 2 is 1.77 bits per heavy atom. The van der Waals surface area contributed by atoms with Crippen LogP contribution in [0.5, 0.6) is 5.75 Å². The van der Waals surface area contributed by atoms with Gasteiger partial charge in [0.05, 0.1) is 6.21 Å². The van der Waals surface area contributed by atoms with Gasteiger partial charge in [0.1, 0.15) is 5.75 Å². The molecule has 3 rings (SSSR count). The highest BCUT2D eigenvalue weighted by Gasteiger charge is 2.05. The maximum Gasteiger partial charge on any atom is 0.271 e. The van der Waals surface area contributed by atoms with Crippen molar-refractivity contribution >= 4 is 35.3 Å². The number of hydrogen-bond acceptors (Lipinski definition) is 4. The fourth-order valence-electron chi connectivity index (χ4n) is 2.49. The molecule has 2 amide bonds. The molecule has 0 saturated carbocycles. The monoisotopic (exact) mass is 421 g/mol. The van der Waals surface area contributed by atoms with E-state index in [2.05, 4.69) is 15.8 Å². The SMILES string of the molecule is Cc1ccc(NC(=O)COc2ccc(/C=N\NC(=O)c3cccc(Cl)c3)cc2)cc1. The second kappa shape index (κ2) is 10.2. The van der Waals surface area contributed by atoms with Crippen molar-refractivity contribution in [3.63, 3.8) is 0 Å². The lowest BCUT2D eigenvalue weighted by Crippen LogP contribution is -2.20. The lowest BCUT2D eigenvalue weighted by atomic mass is 10.2. The van der Waals surface area contributed by atoms with Gasteiger partial charge >= 0.3 is 0 Å². The Bertz CT molecular complexity index is 1050. The van der Waals surface area contributed by atoms with E-state index < -0.39 is 0 Å². The second-order valence-corrected chi connectivity index (χ2v) is 6.92. The van der Waals surface area contributed by atoms with Crippen LogP contribution in [0.3, 0.4) is 0 Å². The fourth-order valence-corrected chi connectivity index (χ4v) is 2.68. The molecular formula is C23H20ClN3O3. The standard InChI is InChI=1S/C23H20ClN3O3/c1-16-5-9-20(10-6-16)26-22(28)15-30-21-11-7-17(8-12-21)14-25-27-23(29)18-3-2-4-19(24)13-18/h2-14H,15H2,1H3,(H,26,28)(H,27,29)/b25-14-. The number of nitrogens with one attached hydrogen (secondary N) is 2. The predicted octanol–water partition coefficient (Wildman–Crippen LogP) is 4.43. The Morgan fingerprint density at radius 1 is 1.03 bits per heavy atom. The van der Waals surface area contributed by atoms with Gasteiger partial charge in [-0.2, -0.15) is 5.10 Å². The molecular weight excluding hydrogens is 402 g/mol. The number of anilines is 1. The van der Waals surface area contributed by atoms with Crippen LogP contribution < -0.4 is 15.5 Å². The van der Waals surface area contributed by atoms with Gasteiger partial charge in [-0.15, -0.1) is 0 Å². The molecule has 0 aromatic heterocycles. The third kappa shape index (κ3) is 6.46. The molecule has 7 heteroatoms. The summed E-state index contributed by atoms with van der Waals surface area (Å²) in [7, 11) is 0. The molecule has 0 spiro atoms. The first-order chi connectivity index (χ1) is 14.5. The van der Waals surface area contributed by atoms with E-state index in [0.717, 1.165) is 16.8 Å². The molecule has 0 heterocycles. The van der Waals surface area contributed by atoms with E-state index in [1.807, 2.05) is 31.2 Å². The van der Waals surface area contributed by atoms with E-state index in [0.29, 0.717) is 16.3 Å². The van der Waals surface area contributed by atoms with Crippen LogP contribution in [-0.4, -0.2) is 24.6 Å². The van der Waals surface area contributed by atoms with Crippen LogP contribution in [-0.2, 0) is 4.79 Å². The normalized spacial score (nSPS) is 10.6. The van der Waals surface area contributed by atoms with Crippen LogP contribution in [0.1, 0.15) is 21.5 Å². The summed E-state index contributed by atoms with van der Waals surface area (Å²) in [6.45, 7) is 1.88. The summed E-state index contributed by atoms with van der Waals surface area (Å²) in [5, 5.41) is 7.19. The highest BCUT2D eigenvalue weighted by Crippen LogP contribution is 2.13. The number of hydrazone groups is 1. The van der Waals surface area contributed by atoms with Crippen LogP contribution in [0.25, 0.3) is 0 Å². The molecule has 152 valence electrons. The molecule has 0 aliphatic carbocycles. The van der Waals surface area contributed by atoms with Gasteiger partial charge < -0.3 is 10.1 Å². The number of nitrogens with zero attached hydrogens (tertiary/aromatic N) is 1. The summed E-state index contributed by atoms with van der Waals surface area (Å²) >= 11 is 5.87. The van der Waals surface area contributed by atoms with E-state index in [1.165, 1.54) is 6.21 Å². The number of aryl methyl sites for hydroxylation is 1. The number of carbonyl (C=O) groups excluding carboxylic acids is 2. The topological polar surface area (TPSA) is 79.8 Å². The highest BCUT2D eigenvalue weighted by molar-refractivity contribution is 6.30. The zero-order chi connectivity index (χ0) is 21.3. The number of rotatable bonds is 7. The van der Waals surface area contributed by atoms with Gasteiger partial charge in [0.25, 0.3) is 11.8 Å². The molecule has 0 bridgehead atoms. The summed E-state index contributed by atoms with van der Waals surface area (Å²) in [5.74, 6) is -0.0457.